The van der Waals surface area contributed by atoms with E-state index in [9.17, 15) is 8.42 Å². The summed E-state index contributed by atoms with van der Waals surface area (Å²) >= 11 is 0. The van der Waals surface area contributed by atoms with E-state index in [4.69, 9.17) is 0 Å². The van der Waals surface area contributed by atoms with Crippen LogP contribution in [0.3, 0.4) is 0 Å². The third kappa shape index (κ3) is 2.93. The summed E-state index contributed by atoms with van der Waals surface area (Å²) in [5.41, 5.74) is 0.873. The number of rotatable bonds is 5. The molecule has 2 atom stereocenters. The Hall–Kier alpha value is -0.850. The van der Waals surface area contributed by atoms with Crippen LogP contribution in [0.5, 0.6) is 0 Å². The van der Waals surface area contributed by atoms with Gasteiger partial charge in [-0.3, -0.25) is 0 Å². The first-order chi connectivity index (χ1) is 8.53. The first-order valence-corrected chi connectivity index (χ1v) is 7.85. The number of nitrogens with one attached hydrogen (secondary N) is 3. The molecule has 18 heavy (non-hydrogen) atoms. The van der Waals surface area contributed by atoms with E-state index >= 15 is 0 Å². The van der Waals surface area contributed by atoms with E-state index in [1.807, 2.05) is 7.05 Å². The molecule has 0 bridgehead atoms. The molecule has 2 unspecified atom stereocenters. The molecule has 5 nitrogen and oxygen atoms in total. The number of aromatic nitrogens is 1. The summed E-state index contributed by atoms with van der Waals surface area (Å²) in [6, 6.07) is 1.76. The SMILES string of the molecule is CNCc1cc(S(=O)(=O)NC2CCCC2C)c[nH]1. The first-order valence-electron chi connectivity index (χ1n) is 6.37. The highest BCUT2D eigenvalue weighted by atomic mass is 32.2. The minimum atomic E-state index is -3.38. The van der Waals surface area contributed by atoms with Gasteiger partial charge in [0.05, 0.1) is 4.90 Å². The van der Waals surface area contributed by atoms with Gasteiger partial charge in [-0.05, 0) is 31.9 Å². The largest absolute Gasteiger partial charge is 0.363 e. The van der Waals surface area contributed by atoms with Crippen molar-refractivity contribution < 1.29 is 8.42 Å². The molecule has 0 amide bonds. The smallest absolute Gasteiger partial charge is 0.242 e. The molecule has 1 aliphatic carbocycles. The van der Waals surface area contributed by atoms with E-state index in [1.54, 1.807) is 12.3 Å². The van der Waals surface area contributed by atoms with Gasteiger partial charge in [-0.2, -0.15) is 0 Å². The lowest BCUT2D eigenvalue weighted by molar-refractivity contribution is 0.476. The van der Waals surface area contributed by atoms with Gasteiger partial charge in [-0.1, -0.05) is 13.3 Å². The lowest BCUT2D eigenvalue weighted by Crippen LogP contribution is -2.36. The standard InChI is InChI=1S/C12H21N3O2S/c1-9-4-3-5-12(9)15-18(16,17)11-6-10(7-13-2)14-8-11/h6,8-9,12-15H,3-5,7H2,1-2H3. The molecule has 1 heterocycles. The Morgan fingerprint density at radius 3 is 2.83 bits per heavy atom. The summed E-state index contributed by atoms with van der Waals surface area (Å²) in [6.45, 7) is 2.74. The van der Waals surface area contributed by atoms with Crippen LogP contribution in [-0.2, 0) is 16.6 Å². The lowest BCUT2D eigenvalue weighted by atomic mass is 10.1. The summed E-state index contributed by atoms with van der Waals surface area (Å²) in [5, 5.41) is 2.98. The van der Waals surface area contributed by atoms with Crippen LogP contribution in [0.25, 0.3) is 0 Å². The zero-order chi connectivity index (χ0) is 13.2. The quantitative estimate of drug-likeness (QED) is 0.753. The topological polar surface area (TPSA) is 74.0 Å². The molecular formula is C12H21N3O2S. The Labute approximate surface area is 108 Å². The van der Waals surface area contributed by atoms with Crippen LogP contribution < -0.4 is 10.0 Å². The number of hydrogen-bond donors (Lipinski definition) is 3. The monoisotopic (exact) mass is 271 g/mol. The molecule has 1 fully saturated rings. The zero-order valence-corrected chi connectivity index (χ0v) is 11.7. The fourth-order valence-electron chi connectivity index (χ4n) is 2.45. The number of H-pyrrole nitrogens is 1. The highest BCUT2D eigenvalue weighted by Crippen LogP contribution is 2.26. The van der Waals surface area contributed by atoms with Crippen LogP contribution in [0.1, 0.15) is 31.9 Å². The Morgan fingerprint density at radius 1 is 1.44 bits per heavy atom. The third-order valence-corrected chi connectivity index (χ3v) is 5.03. The van der Waals surface area contributed by atoms with Crippen molar-refractivity contribution in [3.8, 4) is 0 Å². The van der Waals surface area contributed by atoms with Crippen molar-refractivity contribution in [2.24, 2.45) is 5.92 Å². The van der Waals surface area contributed by atoms with Crippen molar-refractivity contribution in [3.63, 3.8) is 0 Å². The average Bonchev–Trinajstić information content (AvgIpc) is 2.90. The van der Waals surface area contributed by atoms with Crippen molar-refractivity contribution >= 4 is 10.0 Å². The number of sulfonamides is 1. The van der Waals surface area contributed by atoms with E-state index in [1.165, 1.54) is 0 Å². The maximum absolute atomic E-state index is 12.2. The normalized spacial score (nSPS) is 24.6. The highest BCUT2D eigenvalue weighted by molar-refractivity contribution is 7.89. The average molecular weight is 271 g/mol. The maximum Gasteiger partial charge on any atom is 0.242 e. The summed E-state index contributed by atoms with van der Waals surface area (Å²) in [5.74, 6) is 0.426. The Kier molecular flexibility index (Phi) is 4.09. The molecule has 1 aliphatic rings. The third-order valence-electron chi connectivity index (χ3n) is 3.56. The Bertz CT molecular complexity index is 495. The second-order valence-electron chi connectivity index (χ2n) is 5.03. The van der Waals surface area contributed by atoms with Gasteiger partial charge in [0.15, 0.2) is 0 Å². The van der Waals surface area contributed by atoms with E-state index in [-0.39, 0.29) is 6.04 Å². The Balaban J connectivity index is 2.09. The zero-order valence-electron chi connectivity index (χ0n) is 10.9. The minimum absolute atomic E-state index is 0.0812. The molecule has 0 saturated heterocycles. The summed E-state index contributed by atoms with van der Waals surface area (Å²) in [7, 11) is -1.56. The molecule has 0 aliphatic heterocycles. The van der Waals surface area contributed by atoms with Crippen molar-refractivity contribution in [3.05, 3.63) is 18.0 Å². The molecular weight excluding hydrogens is 250 g/mol. The van der Waals surface area contributed by atoms with E-state index in [0.717, 1.165) is 25.0 Å². The predicted molar refractivity (Wildman–Crippen MR) is 70.7 cm³/mol. The molecule has 1 aromatic heterocycles. The number of aromatic amines is 1. The van der Waals surface area contributed by atoms with Crippen LogP contribution in [0.15, 0.2) is 17.2 Å². The maximum atomic E-state index is 12.2. The second-order valence-corrected chi connectivity index (χ2v) is 6.74. The molecule has 0 spiro atoms. The van der Waals surface area contributed by atoms with Crippen LogP contribution >= 0.6 is 0 Å². The van der Waals surface area contributed by atoms with Gasteiger partial charge < -0.3 is 10.3 Å². The highest BCUT2D eigenvalue weighted by Gasteiger charge is 2.28. The van der Waals surface area contributed by atoms with E-state index < -0.39 is 10.0 Å². The van der Waals surface area contributed by atoms with E-state index in [0.29, 0.717) is 17.4 Å². The Morgan fingerprint density at radius 2 is 2.22 bits per heavy atom. The van der Waals surface area contributed by atoms with Gasteiger partial charge in [-0.25, -0.2) is 13.1 Å². The summed E-state index contributed by atoms with van der Waals surface area (Å²) in [6.07, 6.45) is 4.70. The van der Waals surface area contributed by atoms with Gasteiger partial charge in [0.25, 0.3) is 0 Å². The second kappa shape index (κ2) is 5.42. The van der Waals surface area contributed by atoms with Gasteiger partial charge in [-0.15, -0.1) is 0 Å². The molecule has 2 rings (SSSR count). The van der Waals surface area contributed by atoms with Crippen LogP contribution in [0, 0.1) is 5.92 Å². The summed E-state index contributed by atoms with van der Waals surface area (Å²) in [4.78, 5) is 3.29. The van der Waals surface area contributed by atoms with Crippen molar-refractivity contribution in [2.75, 3.05) is 7.05 Å². The summed E-state index contributed by atoms with van der Waals surface area (Å²) < 4.78 is 27.2. The fraction of sp³-hybridized carbons (Fsp3) is 0.667. The fourth-order valence-corrected chi connectivity index (χ4v) is 3.85. The van der Waals surface area contributed by atoms with Crippen LogP contribution in [0.4, 0.5) is 0 Å². The van der Waals surface area contributed by atoms with Gasteiger partial charge in [0, 0.05) is 24.5 Å². The van der Waals surface area contributed by atoms with Crippen molar-refractivity contribution in [2.45, 2.75) is 43.7 Å². The van der Waals surface area contributed by atoms with Gasteiger partial charge >= 0.3 is 0 Å². The molecule has 6 heteroatoms. The van der Waals surface area contributed by atoms with Crippen molar-refractivity contribution in [1.82, 2.24) is 15.0 Å². The van der Waals surface area contributed by atoms with E-state index in [2.05, 4.69) is 21.9 Å². The van der Waals surface area contributed by atoms with Gasteiger partial charge in [0.2, 0.25) is 10.0 Å². The first kappa shape index (κ1) is 13.6. The molecule has 0 radical (unpaired) electrons. The molecule has 102 valence electrons. The molecule has 1 saturated carbocycles. The molecule has 0 aromatic carbocycles. The lowest BCUT2D eigenvalue weighted by Gasteiger charge is -2.16. The molecule has 1 aromatic rings. The molecule has 3 N–H and O–H groups in total. The number of hydrogen-bond acceptors (Lipinski definition) is 3. The van der Waals surface area contributed by atoms with Gasteiger partial charge in [0.1, 0.15) is 0 Å². The van der Waals surface area contributed by atoms with Crippen LogP contribution in [0.2, 0.25) is 0 Å². The van der Waals surface area contributed by atoms with Crippen LogP contribution in [-0.4, -0.2) is 26.5 Å². The van der Waals surface area contributed by atoms with Crippen molar-refractivity contribution in [1.29, 1.82) is 0 Å². The minimum Gasteiger partial charge on any atom is -0.363 e. The predicted octanol–water partition coefficient (Wildman–Crippen LogP) is 1.20.